The van der Waals surface area contributed by atoms with Gasteiger partial charge in [0, 0.05) is 31.6 Å². The van der Waals surface area contributed by atoms with Crippen LogP contribution in [0.3, 0.4) is 0 Å². The summed E-state index contributed by atoms with van der Waals surface area (Å²) in [6.45, 7) is 8.35. The van der Waals surface area contributed by atoms with E-state index < -0.39 is 0 Å². The second-order valence-electron chi connectivity index (χ2n) is 4.81. The molecule has 1 aromatic heterocycles. The second-order valence-corrected chi connectivity index (χ2v) is 4.81. The Hall–Kier alpha value is -1.43. The van der Waals surface area contributed by atoms with Crippen LogP contribution < -0.4 is 5.32 Å². The van der Waals surface area contributed by atoms with Crippen LogP contribution in [0.2, 0.25) is 0 Å². The van der Waals surface area contributed by atoms with Gasteiger partial charge in [-0.2, -0.15) is 0 Å². The quantitative estimate of drug-likeness (QED) is 0.779. The predicted octanol–water partition coefficient (Wildman–Crippen LogP) is 0.362. The van der Waals surface area contributed by atoms with Crippen LogP contribution in [0.15, 0.2) is 0 Å². The van der Waals surface area contributed by atoms with Gasteiger partial charge in [-0.25, -0.2) is 4.98 Å². The number of aromatic nitrogens is 3. The summed E-state index contributed by atoms with van der Waals surface area (Å²) in [6.07, 6.45) is 0. The minimum atomic E-state index is -0.0819. The van der Waals surface area contributed by atoms with Crippen LogP contribution in [-0.4, -0.2) is 51.7 Å². The van der Waals surface area contributed by atoms with Gasteiger partial charge in [0.2, 0.25) is 5.82 Å². The Labute approximate surface area is 101 Å². The summed E-state index contributed by atoms with van der Waals surface area (Å²) in [5.41, 5.74) is 0. The lowest BCUT2D eigenvalue weighted by atomic mass is 10.2. The summed E-state index contributed by atoms with van der Waals surface area (Å²) in [7, 11) is 0. The van der Waals surface area contributed by atoms with Crippen molar-refractivity contribution in [2.24, 2.45) is 0 Å². The first-order chi connectivity index (χ1) is 8.08. The molecule has 2 rings (SSSR count). The van der Waals surface area contributed by atoms with E-state index in [2.05, 4.69) is 27.4 Å². The maximum absolute atomic E-state index is 12.1. The number of hydrogen-bond donors (Lipinski definition) is 2. The summed E-state index contributed by atoms with van der Waals surface area (Å²) < 4.78 is 0. The average molecular weight is 237 g/mol. The highest BCUT2D eigenvalue weighted by molar-refractivity contribution is 5.90. The lowest BCUT2D eigenvalue weighted by Gasteiger charge is -2.30. The predicted molar refractivity (Wildman–Crippen MR) is 63.8 cm³/mol. The van der Waals surface area contributed by atoms with Gasteiger partial charge in [0.25, 0.3) is 5.91 Å². The number of carbonyl (C=O) groups is 1. The molecule has 2 N–H and O–H groups in total. The molecule has 1 amide bonds. The van der Waals surface area contributed by atoms with E-state index in [1.807, 2.05) is 13.8 Å². The Balaban J connectivity index is 2.07. The van der Waals surface area contributed by atoms with Crippen LogP contribution in [0, 0.1) is 0 Å². The van der Waals surface area contributed by atoms with Crippen molar-refractivity contribution in [1.29, 1.82) is 0 Å². The van der Waals surface area contributed by atoms with E-state index in [1.165, 1.54) is 0 Å². The molecule has 0 spiro atoms. The van der Waals surface area contributed by atoms with E-state index in [1.54, 1.807) is 4.90 Å². The minimum Gasteiger partial charge on any atom is -0.333 e. The number of piperazine rings is 1. The van der Waals surface area contributed by atoms with Gasteiger partial charge in [0.05, 0.1) is 0 Å². The second kappa shape index (κ2) is 4.83. The Morgan fingerprint density at radius 1 is 1.53 bits per heavy atom. The van der Waals surface area contributed by atoms with Crippen molar-refractivity contribution in [3.63, 3.8) is 0 Å². The molecule has 1 aliphatic rings. The van der Waals surface area contributed by atoms with Crippen LogP contribution in [0.5, 0.6) is 0 Å². The number of amides is 1. The van der Waals surface area contributed by atoms with Gasteiger partial charge in [-0.3, -0.25) is 9.89 Å². The SMILES string of the molecule is CC(C)c1nc(C(=O)N2CCN[C@@H](C)C2)n[nH]1. The first kappa shape index (κ1) is 12.0. The molecule has 1 atom stereocenters. The maximum atomic E-state index is 12.1. The number of H-pyrrole nitrogens is 1. The lowest BCUT2D eigenvalue weighted by Crippen LogP contribution is -2.51. The molecule has 17 heavy (non-hydrogen) atoms. The van der Waals surface area contributed by atoms with Crippen LogP contribution in [0.25, 0.3) is 0 Å². The van der Waals surface area contributed by atoms with Gasteiger partial charge in [-0.1, -0.05) is 13.8 Å². The van der Waals surface area contributed by atoms with Crippen LogP contribution in [-0.2, 0) is 0 Å². The maximum Gasteiger partial charge on any atom is 0.293 e. The number of nitrogens with zero attached hydrogens (tertiary/aromatic N) is 3. The highest BCUT2D eigenvalue weighted by Gasteiger charge is 2.24. The highest BCUT2D eigenvalue weighted by Crippen LogP contribution is 2.10. The Morgan fingerprint density at radius 3 is 2.88 bits per heavy atom. The number of aromatic amines is 1. The summed E-state index contributed by atoms with van der Waals surface area (Å²) in [4.78, 5) is 18.2. The Kier molecular flexibility index (Phi) is 3.42. The number of hydrogen-bond acceptors (Lipinski definition) is 4. The smallest absolute Gasteiger partial charge is 0.293 e. The standard InChI is InChI=1S/C11H19N5O/c1-7(2)9-13-10(15-14-9)11(17)16-5-4-12-8(3)6-16/h7-8,12H,4-6H2,1-3H3,(H,13,14,15)/t8-/m0/s1. The molecule has 6 nitrogen and oxygen atoms in total. The third kappa shape index (κ3) is 2.63. The van der Waals surface area contributed by atoms with Gasteiger partial charge in [-0.15, -0.1) is 5.10 Å². The fraction of sp³-hybridized carbons (Fsp3) is 0.727. The molecule has 0 bridgehead atoms. The van der Waals surface area contributed by atoms with Crippen molar-refractivity contribution < 1.29 is 4.79 Å². The molecule has 1 aliphatic heterocycles. The number of rotatable bonds is 2. The first-order valence-corrected chi connectivity index (χ1v) is 6.03. The zero-order valence-corrected chi connectivity index (χ0v) is 10.5. The molecule has 0 aliphatic carbocycles. The molecule has 2 heterocycles. The molecular weight excluding hydrogens is 218 g/mol. The number of carbonyl (C=O) groups excluding carboxylic acids is 1. The normalized spacial score (nSPS) is 20.9. The fourth-order valence-corrected chi connectivity index (χ4v) is 1.89. The van der Waals surface area contributed by atoms with Crippen molar-refractivity contribution in [2.45, 2.75) is 32.7 Å². The lowest BCUT2D eigenvalue weighted by molar-refractivity contribution is 0.0697. The van der Waals surface area contributed by atoms with Gasteiger partial charge < -0.3 is 10.2 Å². The molecule has 0 saturated carbocycles. The Bertz CT molecular complexity index is 400. The van der Waals surface area contributed by atoms with Crippen LogP contribution in [0.4, 0.5) is 0 Å². The van der Waals surface area contributed by atoms with Gasteiger partial charge >= 0.3 is 0 Å². The van der Waals surface area contributed by atoms with E-state index in [4.69, 9.17) is 0 Å². The summed E-state index contributed by atoms with van der Waals surface area (Å²) >= 11 is 0. The Morgan fingerprint density at radius 2 is 2.29 bits per heavy atom. The van der Waals surface area contributed by atoms with Gasteiger partial charge in [0.1, 0.15) is 5.82 Å². The van der Waals surface area contributed by atoms with Crippen LogP contribution in [0.1, 0.15) is 43.1 Å². The largest absolute Gasteiger partial charge is 0.333 e. The summed E-state index contributed by atoms with van der Waals surface area (Å²) in [6, 6.07) is 0.330. The monoisotopic (exact) mass is 237 g/mol. The van der Waals surface area contributed by atoms with E-state index in [9.17, 15) is 4.79 Å². The molecule has 1 fully saturated rings. The number of nitrogens with one attached hydrogen (secondary N) is 2. The van der Waals surface area contributed by atoms with Gasteiger partial charge in [0.15, 0.2) is 0 Å². The molecule has 6 heteroatoms. The third-order valence-electron chi connectivity index (χ3n) is 2.90. The van der Waals surface area contributed by atoms with Crippen molar-refractivity contribution in [3.8, 4) is 0 Å². The van der Waals surface area contributed by atoms with Gasteiger partial charge in [-0.05, 0) is 6.92 Å². The van der Waals surface area contributed by atoms with Crippen LogP contribution >= 0.6 is 0 Å². The van der Waals surface area contributed by atoms with E-state index in [-0.39, 0.29) is 17.6 Å². The fourth-order valence-electron chi connectivity index (χ4n) is 1.89. The molecular formula is C11H19N5O. The van der Waals surface area contributed by atoms with E-state index in [0.717, 1.165) is 12.4 Å². The molecule has 94 valence electrons. The van der Waals surface area contributed by atoms with E-state index >= 15 is 0 Å². The first-order valence-electron chi connectivity index (χ1n) is 6.03. The molecule has 0 aromatic carbocycles. The topological polar surface area (TPSA) is 73.9 Å². The molecule has 0 unspecified atom stereocenters. The van der Waals surface area contributed by atoms with Crippen molar-refractivity contribution in [2.75, 3.05) is 19.6 Å². The zero-order chi connectivity index (χ0) is 12.4. The molecule has 1 aromatic rings. The molecule has 1 saturated heterocycles. The zero-order valence-electron chi connectivity index (χ0n) is 10.5. The molecule has 0 radical (unpaired) electrons. The average Bonchev–Trinajstić information content (AvgIpc) is 2.77. The minimum absolute atomic E-state index is 0.0819. The third-order valence-corrected chi connectivity index (χ3v) is 2.90. The van der Waals surface area contributed by atoms with Crippen molar-refractivity contribution in [1.82, 2.24) is 25.4 Å². The van der Waals surface area contributed by atoms with Crippen molar-refractivity contribution in [3.05, 3.63) is 11.6 Å². The summed E-state index contributed by atoms with van der Waals surface area (Å²) in [5, 5.41) is 10.1. The summed E-state index contributed by atoms with van der Waals surface area (Å²) in [5.74, 6) is 1.21. The van der Waals surface area contributed by atoms with Crippen molar-refractivity contribution >= 4 is 5.91 Å². The van der Waals surface area contributed by atoms with E-state index in [0.29, 0.717) is 19.1 Å². The highest BCUT2D eigenvalue weighted by atomic mass is 16.2.